The third kappa shape index (κ3) is 4.45. The average molecular weight is 313 g/mol. The summed E-state index contributed by atoms with van der Waals surface area (Å²) in [5.41, 5.74) is 1.20. The molecule has 0 aliphatic carbocycles. The molecule has 1 fully saturated rings. The van der Waals surface area contributed by atoms with Crippen molar-refractivity contribution in [3.63, 3.8) is 0 Å². The number of carbonyl (C=O) groups excluding carboxylic acids is 1. The van der Waals surface area contributed by atoms with E-state index in [0.29, 0.717) is 13.0 Å². The van der Waals surface area contributed by atoms with Crippen LogP contribution < -0.4 is 0 Å². The van der Waals surface area contributed by atoms with E-state index < -0.39 is 0 Å². The standard InChI is InChI=1S/C19H23NO3/c21-19(9-8-16-5-2-1-3-6-16)20(15-18-7-4-12-23-18)17-10-13-22-14-11-17/h1-7,12,17H,8-11,13-15H2. The summed E-state index contributed by atoms with van der Waals surface area (Å²) in [5.74, 6) is 1.03. The van der Waals surface area contributed by atoms with E-state index >= 15 is 0 Å². The van der Waals surface area contributed by atoms with Gasteiger partial charge < -0.3 is 14.1 Å². The van der Waals surface area contributed by atoms with Gasteiger partial charge in [-0.05, 0) is 37.0 Å². The molecular formula is C19H23NO3. The third-order valence-electron chi connectivity index (χ3n) is 4.33. The van der Waals surface area contributed by atoms with Crippen molar-refractivity contribution >= 4 is 5.91 Å². The van der Waals surface area contributed by atoms with Gasteiger partial charge in [-0.1, -0.05) is 30.3 Å². The second kappa shape index (κ2) is 7.97. The van der Waals surface area contributed by atoms with Crippen LogP contribution in [0.3, 0.4) is 0 Å². The molecule has 1 aliphatic heterocycles. The van der Waals surface area contributed by atoms with Crippen molar-refractivity contribution in [2.75, 3.05) is 13.2 Å². The molecule has 0 bridgehead atoms. The second-order valence-electron chi connectivity index (χ2n) is 5.93. The van der Waals surface area contributed by atoms with E-state index in [1.165, 1.54) is 5.56 Å². The largest absolute Gasteiger partial charge is 0.467 e. The quantitative estimate of drug-likeness (QED) is 0.820. The maximum absolute atomic E-state index is 12.8. The van der Waals surface area contributed by atoms with Gasteiger partial charge in [0.15, 0.2) is 0 Å². The van der Waals surface area contributed by atoms with Gasteiger partial charge in [0.25, 0.3) is 0 Å². The number of aryl methyl sites for hydroxylation is 1. The third-order valence-corrected chi connectivity index (χ3v) is 4.33. The van der Waals surface area contributed by atoms with Gasteiger partial charge in [0.1, 0.15) is 5.76 Å². The molecule has 2 heterocycles. The first-order valence-corrected chi connectivity index (χ1v) is 8.26. The highest BCUT2D eigenvalue weighted by Crippen LogP contribution is 2.19. The van der Waals surface area contributed by atoms with Crippen LogP contribution in [0.1, 0.15) is 30.6 Å². The lowest BCUT2D eigenvalue weighted by Crippen LogP contribution is -2.43. The number of amides is 1. The van der Waals surface area contributed by atoms with Gasteiger partial charge in [-0.15, -0.1) is 0 Å². The van der Waals surface area contributed by atoms with Crippen LogP contribution in [0.25, 0.3) is 0 Å². The Kier molecular flexibility index (Phi) is 5.48. The molecule has 1 aliphatic rings. The van der Waals surface area contributed by atoms with Crippen molar-refractivity contribution < 1.29 is 13.9 Å². The van der Waals surface area contributed by atoms with Crippen LogP contribution in [0.4, 0.5) is 0 Å². The molecule has 122 valence electrons. The maximum atomic E-state index is 12.8. The second-order valence-corrected chi connectivity index (χ2v) is 5.93. The minimum atomic E-state index is 0.192. The number of furan rings is 1. The molecular weight excluding hydrogens is 290 g/mol. The van der Waals surface area contributed by atoms with E-state index in [-0.39, 0.29) is 11.9 Å². The molecule has 0 atom stereocenters. The Morgan fingerprint density at radius 1 is 1.09 bits per heavy atom. The number of nitrogens with zero attached hydrogens (tertiary/aromatic N) is 1. The van der Waals surface area contributed by atoms with Gasteiger partial charge in [-0.25, -0.2) is 0 Å². The van der Waals surface area contributed by atoms with Crippen LogP contribution in [0.2, 0.25) is 0 Å². The number of carbonyl (C=O) groups is 1. The zero-order valence-electron chi connectivity index (χ0n) is 13.3. The SMILES string of the molecule is O=C(CCc1ccccc1)N(Cc1ccco1)C1CCOCC1. The molecule has 3 rings (SSSR count). The average Bonchev–Trinajstić information content (AvgIpc) is 3.12. The highest BCUT2D eigenvalue weighted by molar-refractivity contribution is 5.76. The normalized spacial score (nSPS) is 15.5. The number of hydrogen-bond donors (Lipinski definition) is 0. The van der Waals surface area contributed by atoms with Crippen molar-refractivity contribution in [1.29, 1.82) is 0 Å². The zero-order chi connectivity index (χ0) is 15.9. The molecule has 0 spiro atoms. The molecule has 0 unspecified atom stereocenters. The van der Waals surface area contributed by atoms with Crippen molar-refractivity contribution in [3.8, 4) is 0 Å². The van der Waals surface area contributed by atoms with Gasteiger partial charge >= 0.3 is 0 Å². The highest BCUT2D eigenvalue weighted by atomic mass is 16.5. The molecule has 4 nitrogen and oxygen atoms in total. The molecule has 0 radical (unpaired) electrons. The molecule has 4 heteroatoms. The van der Waals surface area contributed by atoms with E-state index in [0.717, 1.165) is 38.2 Å². The summed E-state index contributed by atoms with van der Waals surface area (Å²) < 4.78 is 10.9. The number of ether oxygens (including phenoxy) is 1. The zero-order valence-corrected chi connectivity index (χ0v) is 13.3. The topological polar surface area (TPSA) is 42.7 Å². The summed E-state index contributed by atoms with van der Waals surface area (Å²) >= 11 is 0. The molecule has 0 N–H and O–H groups in total. The molecule has 1 aromatic carbocycles. The van der Waals surface area contributed by atoms with Crippen LogP contribution >= 0.6 is 0 Å². The van der Waals surface area contributed by atoms with Crippen molar-refractivity contribution in [2.45, 2.75) is 38.3 Å². The summed E-state index contributed by atoms with van der Waals surface area (Å²) in [7, 11) is 0. The lowest BCUT2D eigenvalue weighted by Gasteiger charge is -2.34. The fraction of sp³-hybridized carbons (Fsp3) is 0.421. The minimum Gasteiger partial charge on any atom is -0.467 e. The summed E-state index contributed by atoms with van der Waals surface area (Å²) in [6.07, 6.45) is 4.77. The van der Waals surface area contributed by atoms with Gasteiger partial charge in [0.05, 0.1) is 12.8 Å². The summed E-state index contributed by atoms with van der Waals surface area (Å²) in [4.78, 5) is 14.8. The molecule has 1 aromatic heterocycles. The van der Waals surface area contributed by atoms with E-state index in [2.05, 4.69) is 12.1 Å². The van der Waals surface area contributed by atoms with Crippen molar-refractivity contribution in [2.24, 2.45) is 0 Å². The van der Waals surface area contributed by atoms with Crippen molar-refractivity contribution in [3.05, 3.63) is 60.1 Å². The number of benzene rings is 1. The van der Waals surface area contributed by atoms with Crippen LogP contribution in [0.5, 0.6) is 0 Å². The smallest absolute Gasteiger partial charge is 0.223 e. The molecule has 2 aromatic rings. The van der Waals surface area contributed by atoms with Gasteiger partial charge in [0, 0.05) is 25.7 Å². The Bertz CT molecular complexity index is 588. The fourth-order valence-electron chi connectivity index (χ4n) is 3.03. The van der Waals surface area contributed by atoms with Gasteiger partial charge in [0.2, 0.25) is 5.91 Å². The Hall–Kier alpha value is -2.07. The predicted octanol–water partition coefficient (Wildman–Crippen LogP) is 3.42. The monoisotopic (exact) mass is 313 g/mol. The number of hydrogen-bond acceptors (Lipinski definition) is 3. The summed E-state index contributed by atoms with van der Waals surface area (Å²) in [5, 5.41) is 0. The Labute approximate surface area is 137 Å². The minimum absolute atomic E-state index is 0.192. The molecule has 0 saturated carbocycles. The van der Waals surface area contributed by atoms with E-state index in [1.54, 1.807) is 6.26 Å². The lowest BCUT2D eigenvalue weighted by atomic mass is 10.0. The van der Waals surface area contributed by atoms with E-state index in [1.807, 2.05) is 35.2 Å². The highest BCUT2D eigenvalue weighted by Gasteiger charge is 2.26. The Morgan fingerprint density at radius 3 is 2.57 bits per heavy atom. The maximum Gasteiger partial charge on any atom is 0.223 e. The summed E-state index contributed by atoms with van der Waals surface area (Å²) in [6, 6.07) is 14.2. The lowest BCUT2D eigenvalue weighted by molar-refractivity contribution is -0.136. The number of rotatable bonds is 6. The van der Waals surface area contributed by atoms with Crippen LogP contribution in [0, 0.1) is 0 Å². The molecule has 1 amide bonds. The summed E-state index contributed by atoms with van der Waals surface area (Å²) in [6.45, 7) is 2.00. The van der Waals surface area contributed by atoms with E-state index in [4.69, 9.17) is 9.15 Å². The fourth-order valence-corrected chi connectivity index (χ4v) is 3.03. The van der Waals surface area contributed by atoms with Crippen LogP contribution in [-0.2, 0) is 22.5 Å². The van der Waals surface area contributed by atoms with Crippen LogP contribution in [0.15, 0.2) is 53.1 Å². The first-order valence-electron chi connectivity index (χ1n) is 8.26. The Balaban J connectivity index is 1.64. The Morgan fingerprint density at radius 2 is 1.87 bits per heavy atom. The molecule has 1 saturated heterocycles. The molecule has 23 heavy (non-hydrogen) atoms. The van der Waals surface area contributed by atoms with Gasteiger partial charge in [-0.2, -0.15) is 0 Å². The first kappa shape index (κ1) is 15.8. The van der Waals surface area contributed by atoms with E-state index in [9.17, 15) is 4.79 Å². The van der Waals surface area contributed by atoms with Crippen LogP contribution in [-0.4, -0.2) is 30.1 Å². The first-order chi connectivity index (χ1) is 11.3. The predicted molar refractivity (Wildman–Crippen MR) is 87.9 cm³/mol. The van der Waals surface area contributed by atoms with Crippen molar-refractivity contribution in [1.82, 2.24) is 4.90 Å². The van der Waals surface area contributed by atoms with Gasteiger partial charge in [-0.3, -0.25) is 4.79 Å².